The topological polar surface area (TPSA) is 32.7 Å². The van der Waals surface area contributed by atoms with Crippen molar-refractivity contribution in [1.82, 2.24) is 4.90 Å². The zero-order chi connectivity index (χ0) is 13.3. The Labute approximate surface area is 107 Å². The molecule has 1 aliphatic heterocycles. The van der Waals surface area contributed by atoms with Crippen LogP contribution in [-0.2, 0) is 4.74 Å². The molecular formula is C14H20FNO2. The number of benzene rings is 1. The Balaban J connectivity index is 2.17. The molecule has 0 spiro atoms. The van der Waals surface area contributed by atoms with E-state index in [1.54, 1.807) is 6.07 Å². The van der Waals surface area contributed by atoms with Gasteiger partial charge in [-0.05, 0) is 26.8 Å². The van der Waals surface area contributed by atoms with Crippen LogP contribution in [0, 0.1) is 5.82 Å². The van der Waals surface area contributed by atoms with E-state index in [0.717, 1.165) is 13.1 Å². The Morgan fingerprint density at radius 1 is 1.33 bits per heavy atom. The second kappa shape index (κ2) is 5.24. The normalized spacial score (nSPS) is 27.1. The first-order valence-corrected chi connectivity index (χ1v) is 6.35. The minimum absolute atomic E-state index is 0.0144. The smallest absolute Gasteiger partial charge is 0.131 e. The molecule has 1 aliphatic rings. The molecule has 1 heterocycles. The number of nitrogens with zero attached hydrogens (tertiary/aromatic N) is 1. The first kappa shape index (κ1) is 13.3. The molecule has 3 unspecified atom stereocenters. The van der Waals surface area contributed by atoms with E-state index in [-0.39, 0.29) is 29.8 Å². The first-order chi connectivity index (χ1) is 8.47. The lowest BCUT2D eigenvalue weighted by Gasteiger charge is -2.39. The largest absolute Gasteiger partial charge is 0.508 e. The summed E-state index contributed by atoms with van der Waals surface area (Å²) in [5.41, 5.74) is 0.620. The molecule has 0 aliphatic carbocycles. The monoisotopic (exact) mass is 253 g/mol. The number of phenols is 1. The van der Waals surface area contributed by atoms with Crippen molar-refractivity contribution in [3.05, 3.63) is 29.6 Å². The van der Waals surface area contributed by atoms with E-state index in [2.05, 4.69) is 4.90 Å². The zero-order valence-corrected chi connectivity index (χ0v) is 11.1. The summed E-state index contributed by atoms with van der Waals surface area (Å²) < 4.78 is 19.5. The molecule has 1 fully saturated rings. The van der Waals surface area contributed by atoms with Crippen molar-refractivity contribution in [3.8, 4) is 5.75 Å². The molecule has 0 saturated carbocycles. The van der Waals surface area contributed by atoms with Crippen LogP contribution >= 0.6 is 0 Å². The molecule has 18 heavy (non-hydrogen) atoms. The fraction of sp³-hybridized carbons (Fsp3) is 0.571. The maximum Gasteiger partial charge on any atom is 0.131 e. The molecule has 0 amide bonds. The summed E-state index contributed by atoms with van der Waals surface area (Å²) in [5.74, 6) is -0.388. The van der Waals surface area contributed by atoms with Gasteiger partial charge in [-0.3, -0.25) is 4.90 Å². The van der Waals surface area contributed by atoms with Crippen LogP contribution in [0.4, 0.5) is 4.39 Å². The van der Waals surface area contributed by atoms with Crippen molar-refractivity contribution in [1.29, 1.82) is 0 Å². The van der Waals surface area contributed by atoms with Gasteiger partial charge in [0.15, 0.2) is 0 Å². The van der Waals surface area contributed by atoms with Crippen molar-refractivity contribution in [2.24, 2.45) is 0 Å². The predicted molar refractivity (Wildman–Crippen MR) is 68.1 cm³/mol. The fourth-order valence-corrected chi connectivity index (χ4v) is 2.59. The maximum atomic E-state index is 13.8. The Kier molecular flexibility index (Phi) is 3.88. The number of hydrogen-bond acceptors (Lipinski definition) is 3. The third-order valence-corrected chi connectivity index (χ3v) is 3.43. The van der Waals surface area contributed by atoms with Crippen LogP contribution in [0.5, 0.6) is 5.75 Å². The third-order valence-electron chi connectivity index (χ3n) is 3.43. The lowest BCUT2D eigenvalue weighted by Crippen LogP contribution is -2.46. The van der Waals surface area contributed by atoms with Crippen molar-refractivity contribution < 1.29 is 14.2 Å². The molecule has 2 rings (SSSR count). The minimum Gasteiger partial charge on any atom is -0.508 e. The van der Waals surface area contributed by atoms with Gasteiger partial charge in [0.25, 0.3) is 0 Å². The fourth-order valence-electron chi connectivity index (χ4n) is 2.59. The Hall–Kier alpha value is -1.13. The Bertz CT molecular complexity index is 414. The summed E-state index contributed by atoms with van der Waals surface area (Å²) in [6.45, 7) is 7.64. The summed E-state index contributed by atoms with van der Waals surface area (Å²) >= 11 is 0. The molecular weight excluding hydrogens is 233 g/mol. The molecule has 0 bridgehead atoms. The van der Waals surface area contributed by atoms with Gasteiger partial charge < -0.3 is 9.84 Å². The van der Waals surface area contributed by atoms with E-state index in [4.69, 9.17) is 4.74 Å². The van der Waals surface area contributed by atoms with Gasteiger partial charge in [0.05, 0.1) is 12.2 Å². The van der Waals surface area contributed by atoms with Gasteiger partial charge in [-0.2, -0.15) is 0 Å². The van der Waals surface area contributed by atoms with Crippen LogP contribution in [0.15, 0.2) is 18.2 Å². The van der Waals surface area contributed by atoms with Crippen molar-refractivity contribution in [2.75, 3.05) is 13.1 Å². The number of aromatic hydroxyl groups is 1. The minimum atomic E-state index is -0.353. The van der Waals surface area contributed by atoms with Gasteiger partial charge in [0.2, 0.25) is 0 Å². The number of phenolic OH excluding ortho intramolecular Hbond substituents is 1. The Morgan fingerprint density at radius 2 is 1.94 bits per heavy atom. The molecule has 0 radical (unpaired) electrons. The van der Waals surface area contributed by atoms with E-state index in [1.165, 1.54) is 12.1 Å². The molecule has 0 aromatic heterocycles. The van der Waals surface area contributed by atoms with Crippen LogP contribution in [0.1, 0.15) is 32.4 Å². The average Bonchev–Trinajstić information content (AvgIpc) is 2.26. The molecule has 4 heteroatoms. The second-order valence-electron chi connectivity index (χ2n) is 5.09. The number of rotatable bonds is 2. The highest BCUT2D eigenvalue weighted by atomic mass is 19.1. The van der Waals surface area contributed by atoms with Crippen LogP contribution in [0.2, 0.25) is 0 Å². The third kappa shape index (κ3) is 2.82. The van der Waals surface area contributed by atoms with Gasteiger partial charge in [0.1, 0.15) is 11.6 Å². The summed E-state index contributed by atoms with van der Waals surface area (Å²) in [4.78, 5) is 2.22. The van der Waals surface area contributed by atoms with E-state index in [9.17, 15) is 9.50 Å². The van der Waals surface area contributed by atoms with E-state index >= 15 is 0 Å². The summed E-state index contributed by atoms with van der Waals surface area (Å²) in [5, 5.41) is 9.24. The highest BCUT2D eigenvalue weighted by molar-refractivity contribution is 5.29. The summed E-state index contributed by atoms with van der Waals surface area (Å²) in [6, 6.07) is 4.33. The van der Waals surface area contributed by atoms with E-state index in [0.29, 0.717) is 5.56 Å². The number of halogens is 1. The van der Waals surface area contributed by atoms with Crippen molar-refractivity contribution >= 4 is 0 Å². The molecule has 1 aromatic rings. The summed E-state index contributed by atoms with van der Waals surface area (Å²) in [7, 11) is 0. The molecule has 1 aromatic carbocycles. The zero-order valence-electron chi connectivity index (χ0n) is 11.1. The van der Waals surface area contributed by atoms with Crippen molar-refractivity contribution in [3.63, 3.8) is 0 Å². The van der Waals surface area contributed by atoms with Crippen molar-refractivity contribution in [2.45, 2.75) is 39.0 Å². The van der Waals surface area contributed by atoms with E-state index in [1.807, 2.05) is 20.8 Å². The van der Waals surface area contributed by atoms with Crippen LogP contribution < -0.4 is 0 Å². The van der Waals surface area contributed by atoms with Gasteiger partial charge in [-0.1, -0.05) is 6.07 Å². The molecule has 1 saturated heterocycles. The number of morpholine rings is 1. The quantitative estimate of drug-likeness (QED) is 0.879. The second-order valence-corrected chi connectivity index (χ2v) is 5.09. The SMILES string of the molecule is CC1CN(C(C)c2ccc(O)cc2F)CC(C)O1. The van der Waals surface area contributed by atoms with Gasteiger partial charge in [-0.15, -0.1) is 0 Å². The first-order valence-electron chi connectivity index (χ1n) is 6.35. The van der Waals surface area contributed by atoms with E-state index < -0.39 is 0 Å². The maximum absolute atomic E-state index is 13.8. The van der Waals surface area contributed by atoms with Gasteiger partial charge in [-0.25, -0.2) is 4.39 Å². The predicted octanol–water partition coefficient (Wildman–Crippen LogP) is 2.70. The standard InChI is InChI=1S/C14H20FNO2/c1-9-7-16(8-10(2)18-9)11(3)13-5-4-12(17)6-14(13)15/h4-6,9-11,17H,7-8H2,1-3H3. The molecule has 3 atom stereocenters. The summed E-state index contributed by atoms with van der Waals surface area (Å²) in [6.07, 6.45) is 0.327. The molecule has 3 nitrogen and oxygen atoms in total. The van der Waals surface area contributed by atoms with Crippen LogP contribution in [-0.4, -0.2) is 35.3 Å². The average molecular weight is 253 g/mol. The van der Waals surface area contributed by atoms with Gasteiger partial charge >= 0.3 is 0 Å². The highest BCUT2D eigenvalue weighted by Crippen LogP contribution is 2.28. The highest BCUT2D eigenvalue weighted by Gasteiger charge is 2.27. The molecule has 1 N–H and O–H groups in total. The lowest BCUT2D eigenvalue weighted by atomic mass is 10.0. The van der Waals surface area contributed by atoms with Crippen LogP contribution in [0.3, 0.4) is 0 Å². The lowest BCUT2D eigenvalue weighted by molar-refractivity contribution is -0.0792. The van der Waals surface area contributed by atoms with Crippen LogP contribution in [0.25, 0.3) is 0 Å². The molecule has 100 valence electrons. The number of ether oxygens (including phenoxy) is 1. The Morgan fingerprint density at radius 3 is 2.50 bits per heavy atom. The van der Waals surface area contributed by atoms with Gasteiger partial charge in [0, 0.05) is 30.8 Å². The number of hydrogen-bond donors (Lipinski definition) is 1.